The molecular formula is C8H5FN4. The van der Waals surface area contributed by atoms with E-state index in [-0.39, 0.29) is 16.9 Å². The Kier molecular flexibility index (Phi) is 2.32. The molecule has 1 aromatic rings. The van der Waals surface area contributed by atoms with E-state index in [0.29, 0.717) is 0 Å². The van der Waals surface area contributed by atoms with Gasteiger partial charge in [-0.3, -0.25) is 5.32 Å². The van der Waals surface area contributed by atoms with Gasteiger partial charge in [0.15, 0.2) is 6.19 Å². The number of hydrogen-bond donors (Lipinski definition) is 2. The van der Waals surface area contributed by atoms with Crippen molar-refractivity contribution >= 4 is 11.4 Å². The van der Waals surface area contributed by atoms with Gasteiger partial charge in [-0.2, -0.15) is 10.5 Å². The maximum atomic E-state index is 12.9. The highest BCUT2D eigenvalue weighted by molar-refractivity contribution is 5.69. The van der Waals surface area contributed by atoms with Crippen molar-refractivity contribution in [3.8, 4) is 12.3 Å². The molecule has 4 nitrogen and oxygen atoms in total. The molecule has 3 N–H and O–H groups in total. The Morgan fingerprint density at radius 1 is 1.38 bits per heavy atom. The quantitative estimate of drug-likeness (QED) is 0.382. The maximum absolute atomic E-state index is 12.9. The SMILES string of the molecule is N#CNc1cc(F)c(C#N)cc1N. The molecular weight excluding hydrogens is 171 g/mol. The minimum Gasteiger partial charge on any atom is -0.397 e. The summed E-state index contributed by atoms with van der Waals surface area (Å²) in [6, 6.07) is 3.83. The lowest BCUT2D eigenvalue weighted by Gasteiger charge is -2.03. The number of nitrogens with one attached hydrogen (secondary N) is 1. The van der Waals surface area contributed by atoms with Crippen molar-refractivity contribution in [1.82, 2.24) is 0 Å². The summed E-state index contributed by atoms with van der Waals surface area (Å²) in [4.78, 5) is 0. The van der Waals surface area contributed by atoms with E-state index in [0.717, 1.165) is 6.07 Å². The van der Waals surface area contributed by atoms with Crippen LogP contribution in [0.5, 0.6) is 0 Å². The van der Waals surface area contributed by atoms with Crippen molar-refractivity contribution in [3.63, 3.8) is 0 Å². The summed E-state index contributed by atoms with van der Waals surface area (Å²) in [6.07, 6.45) is 1.61. The van der Waals surface area contributed by atoms with Gasteiger partial charge in [-0.1, -0.05) is 0 Å². The van der Waals surface area contributed by atoms with E-state index in [2.05, 4.69) is 5.32 Å². The Morgan fingerprint density at radius 3 is 2.62 bits per heavy atom. The second-order valence-corrected chi connectivity index (χ2v) is 2.27. The number of rotatable bonds is 1. The van der Waals surface area contributed by atoms with E-state index in [4.69, 9.17) is 16.3 Å². The number of anilines is 2. The number of nitrogen functional groups attached to an aromatic ring is 1. The molecule has 64 valence electrons. The molecule has 0 atom stereocenters. The van der Waals surface area contributed by atoms with Crippen LogP contribution < -0.4 is 11.1 Å². The molecule has 1 rings (SSSR count). The van der Waals surface area contributed by atoms with Crippen LogP contribution in [-0.4, -0.2) is 0 Å². The number of nitriles is 2. The van der Waals surface area contributed by atoms with Crippen molar-refractivity contribution < 1.29 is 4.39 Å². The van der Waals surface area contributed by atoms with E-state index in [1.54, 1.807) is 12.3 Å². The van der Waals surface area contributed by atoms with Crippen LogP contribution >= 0.6 is 0 Å². The summed E-state index contributed by atoms with van der Waals surface area (Å²) in [7, 11) is 0. The normalized spacial score (nSPS) is 8.54. The molecule has 0 aliphatic heterocycles. The molecule has 0 heterocycles. The molecule has 1 aromatic carbocycles. The molecule has 13 heavy (non-hydrogen) atoms. The fourth-order valence-corrected chi connectivity index (χ4v) is 0.844. The standard InChI is InChI=1S/C8H5FN4/c9-6-2-8(13-4-11)7(12)1-5(6)3-10/h1-2,13H,12H2. The van der Waals surface area contributed by atoms with Gasteiger partial charge in [0.25, 0.3) is 0 Å². The minimum atomic E-state index is -0.700. The second kappa shape index (κ2) is 3.42. The summed E-state index contributed by atoms with van der Waals surface area (Å²) < 4.78 is 12.9. The van der Waals surface area contributed by atoms with Gasteiger partial charge in [-0.25, -0.2) is 4.39 Å². The average Bonchev–Trinajstić information content (AvgIpc) is 2.11. The molecule has 0 saturated carbocycles. The Hall–Kier alpha value is -2.27. The fourth-order valence-electron chi connectivity index (χ4n) is 0.844. The van der Waals surface area contributed by atoms with Crippen LogP contribution in [0.1, 0.15) is 5.56 Å². The average molecular weight is 176 g/mol. The summed E-state index contributed by atoms with van der Waals surface area (Å²) in [5.74, 6) is -0.700. The molecule has 0 spiro atoms. The molecule has 0 unspecified atom stereocenters. The highest BCUT2D eigenvalue weighted by Crippen LogP contribution is 2.21. The van der Waals surface area contributed by atoms with Crippen LogP contribution in [0.3, 0.4) is 0 Å². The van der Waals surface area contributed by atoms with Gasteiger partial charge < -0.3 is 5.73 Å². The van der Waals surface area contributed by atoms with Gasteiger partial charge in [-0.05, 0) is 6.07 Å². The van der Waals surface area contributed by atoms with Gasteiger partial charge in [0.2, 0.25) is 0 Å². The topological polar surface area (TPSA) is 85.6 Å². The van der Waals surface area contributed by atoms with Crippen molar-refractivity contribution in [2.75, 3.05) is 11.1 Å². The molecule has 0 aliphatic rings. The lowest BCUT2D eigenvalue weighted by Crippen LogP contribution is -1.97. The highest BCUT2D eigenvalue weighted by Gasteiger charge is 2.06. The summed E-state index contributed by atoms with van der Waals surface area (Å²) in [6.45, 7) is 0. The van der Waals surface area contributed by atoms with Gasteiger partial charge in [0, 0.05) is 6.07 Å². The van der Waals surface area contributed by atoms with E-state index >= 15 is 0 Å². The number of nitrogens with two attached hydrogens (primary N) is 1. The van der Waals surface area contributed by atoms with Crippen molar-refractivity contribution in [1.29, 1.82) is 10.5 Å². The predicted molar refractivity (Wildman–Crippen MR) is 44.8 cm³/mol. The zero-order chi connectivity index (χ0) is 9.84. The molecule has 0 amide bonds. The molecule has 5 heteroatoms. The third-order valence-corrected chi connectivity index (χ3v) is 1.45. The Balaban J connectivity index is 3.24. The first-order valence-corrected chi connectivity index (χ1v) is 3.33. The van der Waals surface area contributed by atoms with Crippen molar-refractivity contribution in [2.24, 2.45) is 0 Å². The Labute approximate surface area is 74.0 Å². The first-order valence-electron chi connectivity index (χ1n) is 3.33. The summed E-state index contributed by atoms with van der Waals surface area (Å²) in [5.41, 5.74) is 5.61. The van der Waals surface area contributed by atoms with Crippen molar-refractivity contribution in [3.05, 3.63) is 23.5 Å². The van der Waals surface area contributed by atoms with Crippen LogP contribution in [0, 0.1) is 28.6 Å². The molecule has 0 fully saturated rings. The fraction of sp³-hybridized carbons (Fsp3) is 0. The first-order chi connectivity index (χ1) is 6.19. The van der Waals surface area contributed by atoms with E-state index in [9.17, 15) is 4.39 Å². The largest absolute Gasteiger partial charge is 0.397 e. The zero-order valence-electron chi connectivity index (χ0n) is 6.50. The van der Waals surface area contributed by atoms with E-state index in [1.165, 1.54) is 6.07 Å². The van der Waals surface area contributed by atoms with Gasteiger partial charge in [0.1, 0.15) is 11.9 Å². The number of nitrogens with zero attached hydrogens (tertiary/aromatic N) is 2. The van der Waals surface area contributed by atoms with E-state index in [1.807, 2.05) is 0 Å². The van der Waals surface area contributed by atoms with Crippen LogP contribution in [0.2, 0.25) is 0 Å². The number of hydrogen-bond acceptors (Lipinski definition) is 4. The van der Waals surface area contributed by atoms with Crippen LogP contribution in [-0.2, 0) is 0 Å². The highest BCUT2D eigenvalue weighted by atomic mass is 19.1. The summed E-state index contributed by atoms with van der Waals surface area (Å²) >= 11 is 0. The lowest BCUT2D eigenvalue weighted by atomic mass is 10.2. The monoisotopic (exact) mass is 176 g/mol. The molecule has 0 bridgehead atoms. The van der Waals surface area contributed by atoms with Crippen LogP contribution in [0.25, 0.3) is 0 Å². The third-order valence-electron chi connectivity index (χ3n) is 1.45. The summed E-state index contributed by atoms with van der Waals surface area (Å²) in [5, 5.41) is 18.9. The Bertz CT molecular complexity index is 413. The molecule has 0 radical (unpaired) electrons. The number of halogens is 1. The molecule has 0 aliphatic carbocycles. The lowest BCUT2D eigenvalue weighted by molar-refractivity contribution is 0.625. The molecule has 0 aromatic heterocycles. The number of benzene rings is 1. The molecule has 0 saturated heterocycles. The maximum Gasteiger partial charge on any atom is 0.181 e. The van der Waals surface area contributed by atoms with Gasteiger partial charge in [0.05, 0.1) is 16.9 Å². The predicted octanol–water partition coefficient (Wildman–Crippen LogP) is 1.17. The van der Waals surface area contributed by atoms with E-state index < -0.39 is 5.82 Å². The second-order valence-electron chi connectivity index (χ2n) is 2.27. The van der Waals surface area contributed by atoms with Gasteiger partial charge >= 0.3 is 0 Å². The van der Waals surface area contributed by atoms with Gasteiger partial charge in [-0.15, -0.1) is 0 Å². The van der Waals surface area contributed by atoms with Crippen molar-refractivity contribution in [2.45, 2.75) is 0 Å². The van der Waals surface area contributed by atoms with Crippen LogP contribution in [0.4, 0.5) is 15.8 Å². The smallest absolute Gasteiger partial charge is 0.181 e. The minimum absolute atomic E-state index is 0.138. The van der Waals surface area contributed by atoms with Crippen LogP contribution in [0.15, 0.2) is 12.1 Å². The zero-order valence-corrected chi connectivity index (χ0v) is 6.50. The Morgan fingerprint density at radius 2 is 2.08 bits per heavy atom. The first kappa shape index (κ1) is 8.82. The third kappa shape index (κ3) is 1.66.